The van der Waals surface area contributed by atoms with Gasteiger partial charge in [0.15, 0.2) is 6.61 Å². The molecule has 1 unspecified atom stereocenters. The molecule has 4 nitrogen and oxygen atoms in total. The third-order valence-corrected chi connectivity index (χ3v) is 4.26. The van der Waals surface area contributed by atoms with Crippen molar-refractivity contribution in [3.05, 3.63) is 29.8 Å². The number of benzene rings is 1. The standard InChI is InChI=1S/C16H21NO3.ClH/c1-12-2-4-14(5-3-12)19-11-16(18)20-15-10-17-8-6-13(15)7-9-17;/h2-5,13,15H,6-11H2,1H3;1H. The Hall–Kier alpha value is -1.26. The normalized spacial score (nSPS) is 26.8. The lowest BCUT2D eigenvalue weighted by molar-refractivity contribution is -0.161. The number of piperidine rings is 3. The molecule has 1 aromatic carbocycles. The Bertz CT molecular complexity index is 475. The van der Waals surface area contributed by atoms with Crippen LogP contribution in [0.1, 0.15) is 19.8 Å². The second-order valence-corrected chi connectivity index (χ2v) is 5.77. The molecule has 0 aliphatic carbocycles. The number of fused-ring (bicyclic) bond motifs is 3. The predicted octanol–water partition coefficient (Wildman–Crippen LogP) is -0.872. The first-order valence-electron chi connectivity index (χ1n) is 7.32. The number of hydrogen-bond donors (Lipinski definition) is 0. The molecule has 116 valence electrons. The molecular weight excluding hydrogens is 290 g/mol. The number of rotatable bonds is 4. The topological polar surface area (TPSA) is 38.8 Å². The van der Waals surface area contributed by atoms with Crippen molar-refractivity contribution < 1.29 is 28.1 Å². The average molecular weight is 312 g/mol. The number of aryl methyl sites for hydroxylation is 1. The highest BCUT2D eigenvalue weighted by molar-refractivity contribution is 5.71. The zero-order valence-electron chi connectivity index (χ0n) is 13.3. The highest BCUT2D eigenvalue weighted by Crippen LogP contribution is 2.29. The van der Waals surface area contributed by atoms with E-state index in [1.807, 2.05) is 31.2 Å². The quantitative estimate of drug-likeness (QED) is 0.678. The first kappa shape index (κ1) is 16.1. The van der Waals surface area contributed by atoms with Crippen LogP contribution in [0.15, 0.2) is 24.3 Å². The minimum absolute atomic E-state index is 0. The van der Waals surface area contributed by atoms with E-state index in [1.54, 1.807) is 0 Å². The van der Waals surface area contributed by atoms with Crippen LogP contribution in [-0.2, 0) is 9.53 Å². The van der Waals surface area contributed by atoms with E-state index in [0.29, 0.717) is 11.7 Å². The van der Waals surface area contributed by atoms with Crippen LogP contribution in [-0.4, -0.2) is 43.2 Å². The molecule has 0 saturated carbocycles. The predicted molar refractivity (Wildman–Crippen MR) is 76.8 cm³/mol. The molecule has 2 bridgehead atoms. The zero-order valence-corrected chi connectivity index (χ0v) is 13.0. The SMILES string of the molecule is Cc1ccc(OCC(=O)OC2CN3CCC2CC3)cc1.[Cl-].[H+]. The van der Waals surface area contributed by atoms with Gasteiger partial charge in [-0.25, -0.2) is 4.79 Å². The van der Waals surface area contributed by atoms with Crippen molar-refractivity contribution in [1.29, 1.82) is 0 Å². The van der Waals surface area contributed by atoms with Crippen LogP contribution < -0.4 is 17.1 Å². The van der Waals surface area contributed by atoms with Crippen LogP contribution in [0.2, 0.25) is 0 Å². The summed E-state index contributed by atoms with van der Waals surface area (Å²) in [6.45, 7) is 5.20. The Morgan fingerprint density at radius 3 is 2.52 bits per heavy atom. The number of ether oxygens (including phenoxy) is 2. The van der Waals surface area contributed by atoms with Crippen molar-refractivity contribution in [3.8, 4) is 5.75 Å². The first-order valence-corrected chi connectivity index (χ1v) is 7.32. The van der Waals surface area contributed by atoms with Gasteiger partial charge in [0.2, 0.25) is 0 Å². The molecule has 5 heteroatoms. The van der Waals surface area contributed by atoms with Gasteiger partial charge in [0, 0.05) is 6.54 Å². The van der Waals surface area contributed by atoms with E-state index in [1.165, 1.54) is 5.56 Å². The van der Waals surface area contributed by atoms with Gasteiger partial charge in [0.25, 0.3) is 0 Å². The summed E-state index contributed by atoms with van der Waals surface area (Å²) in [6.07, 6.45) is 2.36. The van der Waals surface area contributed by atoms with Crippen LogP contribution in [0.4, 0.5) is 0 Å². The van der Waals surface area contributed by atoms with Crippen LogP contribution in [0.25, 0.3) is 0 Å². The second-order valence-electron chi connectivity index (χ2n) is 5.77. The van der Waals surface area contributed by atoms with Gasteiger partial charge in [0.05, 0.1) is 0 Å². The maximum absolute atomic E-state index is 11.9. The highest BCUT2D eigenvalue weighted by Gasteiger charge is 2.36. The highest BCUT2D eigenvalue weighted by atomic mass is 35.5. The molecule has 3 aliphatic heterocycles. The Kier molecular flexibility index (Phi) is 5.48. The van der Waals surface area contributed by atoms with Crippen molar-refractivity contribution in [2.24, 2.45) is 5.92 Å². The number of halogens is 1. The van der Waals surface area contributed by atoms with E-state index in [2.05, 4.69) is 4.90 Å². The molecule has 3 fully saturated rings. The lowest BCUT2D eigenvalue weighted by Crippen LogP contribution is -3.00. The fourth-order valence-electron chi connectivity index (χ4n) is 3.02. The minimum atomic E-state index is -0.260. The fraction of sp³-hybridized carbons (Fsp3) is 0.562. The zero-order chi connectivity index (χ0) is 13.9. The third-order valence-electron chi connectivity index (χ3n) is 4.26. The monoisotopic (exact) mass is 311 g/mol. The summed E-state index contributed by atoms with van der Waals surface area (Å²) in [5.41, 5.74) is 1.17. The van der Waals surface area contributed by atoms with E-state index in [9.17, 15) is 4.79 Å². The average Bonchev–Trinajstić information content (AvgIpc) is 2.48. The van der Waals surface area contributed by atoms with Crippen molar-refractivity contribution in [1.82, 2.24) is 4.90 Å². The Balaban J connectivity index is 0.00000121. The van der Waals surface area contributed by atoms with Crippen molar-refractivity contribution in [2.75, 3.05) is 26.2 Å². The number of carbonyl (C=O) groups excluding carboxylic acids is 1. The summed E-state index contributed by atoms with van der Waals surface area (Å²) in [5.74, 6) is 0.995. The molecule has 0 spiro atoms. The molecule has 3 heterocycles. The van der Waals surface area contributed by atoms with Crippen molar-refractivity contribution in [3.63, 3.8) is 0 Å². The summed E-state index contributed by atoms with van der Waals surface area (Å²) < 4.78 is 11.0. The molecular formula is C16H22ClNO3. The minimum Gasteiger partial charge on any atom is -1.00 e. The number of carbonyl (C=O) groups is 1. The Morgan fingerprint density at radius 2 is 1.95 bits per heavy atom. The Labute approximate surface area is 133 Å². The summed E-state index contributed by atoms with van der Waals surface area (Å²) in [7, 11) is 0. The van der Waals surface area contributed by atoms with Gasteiger partial charge in [-0.1, -0.05) is 17.7 Å². The van der Waals surface area contributed by atoms with Gasteiger partial charge in [0.1, 0.15) is 11.9 Å². The van der Waals surface area contributed by atoms with Gasteiger partial charge in [-0.15, -0.1) is 0 Å². The largest absolute Gasteiger partial charge is 1.00 e. The fourth-order valence-corrected chi connectivity index (χ4v) is 3.02. The first-order chi connectivity index (χ1) is 9.70. The smallest absolute Gasteiger partial charge is 1.00 e. The third kappa shape index (κ3) is 4.11. The van der Waals surface area contributed by atoms with Crippen LogP contribution in [0.5, 0.6) is 5.75 Å². The second kappa shape index (κ2) is 7.14. The van der Waals surface area contributed by atoms with Gasteiger partial charge in [-0.2, -0.15) is 0 Å². The number of nitrogens with zero attached hydrogens (tertiary/aromatic N) is 1. The molecule has 0 radical (unpaired) electrons. The molecule has 0 aromatic heterocycles. The van der Waals surface area contributed by atoms with E-state index < -0.39 is 0 Å². The molecule has 3 aliphatic rings. The lowest BCUT2D eigenvalue weighted by Gasteiger charge is -2.43. The molecule has 0 amide bonds. The number of hydrogen-bond acceptors (Lipinski definition) is 4. The summed E-state index contributed by atoms with van der Waals surface area (Å²) in [5, 5.41) is 0. The number of esters is 1. The van der Waals surface area contributed by atoms with Gasteiger partial charge >= 0.3 is 7.40 Å². The maximum atomic E-state index is 11.9. The van der Waals surface area contributed by atoms with E-state index in [4.69, 9.17) is 9.47 Å². The summed E-state index contributed by atoms with van der Waals surface area (Å²) >= 11 is 0. The van der Waals surface area contributed by atoms with Crippen molar-refractivity contribution in [2.45, 2.75) is 25.9 Å². The van der Waals surface area contributed by atoms with E-state index in [-0.39, 0.29) is 32.5 Å². The van der Waals surface area contributed by atoms with Gasteiger partial charge in [-0.3, -0.25) is 4.90 Å². The summed E-state index contributed by atoms with van der Waals surface area (Å²) in [6, 6.07) is 7.68. The van der Waals surface area contributed by atoms with Crippen LogP contribution >= 0.6 is 0 Å². The lowest BCUT2D eigenvalue weighted by atomic mass is 9.86. The van der Waals surface area contributed by atoms with Crippen LogP contribution in [0.3, 0.4) is 0 Å². The molecule has 4 rings (SSSR count). The van der Waals surface area contributed by atoms with Gasteiger partial charge < -0.3 is 21.9 Å². The molecule has 1 aromatic rings. The molecule has 3 saturated heterocycles. The van der Waals surface area contributed by atoms with Gasteiger partial charge in [-0.05, 0) is 50.9 Å². The van der Waals surface area contributed by atoms with E-state index >= 15 is 0 Å². The van der Waals surface area contributed by atoms with Crippen molar-refractivity contribution >= 4 is 5.97 Å². The van der Waals surface area contributed by atoms with E-state index in [0.717, 1.165) is 32.5 Å². The molecule has 1 atom stereocenters. The maximum Gasteiger partial charge on any atom is 1.00 e. The Morgan fingerprint density at radius 1 is 1.29 bits per heavy atom. The molecule has 0 N–H and O–H groups in total. The van der Waals surface area contributed by atoms with Crippen LogP contribution in [0, 0.1) is 12.8 Å². The summed E-state index contributed by atoms with van der Waals surface area (Å²) in [4.78, 5) is 14.2. The molecule has 21 heavy (non-hydrogen) atoms.